The van der Waals surface area contributed by atoms with Gasteiger partial charge >= 0.3 is 0 Å². The van der Waals surface area contributed by atoms with Crippen LogP contribution in [0.3, 0.4) is 0 Å². The van der Waals surface area contributed by atoms with Crippen molar-refractivity contribution in [3.05, 3.63) is 72.9 Å². The van der Waals surface area contributed by atoms with Gasteiger partial charge < -0.3 is 10.3 Å². The average molecular weight is 521 g/mol. The maximum absolute atomic E-state index is 13.5. The molecule has 0 radical (unpaired) electrons. The van der Waals surface area contributed by atoms with Crippen molar-refractivity contribution >= 4 is 33.8 Å². The molecule has 0 unspecified atom stereocenters. The zero-order valence-electron chi connectivity index (χ0n) is 21.6. The quantitative estimate of drug-likeness (QED) is 0.251. The van der Waals surface area contributed by atoms with Crippen LogP contribution in [0.15, 0.2) is 67.1 Å². The Morgan fingerprint density at radius 3 is 2.62 bits per heavy atom. The number of fused-ring (bicyclic) bond motifs is 2. The van der Waals surface area contributed by atoms with Gasteiger partial charge in [-0.05, 0) is 47.4 Å². The molecule has 5 heterocycles. The molecule has 0 saturated heterocycles. The summed E-state index contributed by atoms with van der Waals surface area (Å²) in [7, 11) is 0. The number of benzene rings is 1. The van der Waals surface area contributed by atoms with Crippen molar-refractivity contribution < 1.29 is 9.18 Å². The number of H-pyrrole nitrogens is 2. The number of imidazole rings is 1. The van der Waals surface area contributed by atoms with Gasteiger partial charge in [0.25, 0.3) is 0 Å². The van der Waals surface area contributed by atoms with E-state index in [4.69, 9.17) is 4.98 Å². The number of carbonyl (C=O) groups is 1. The summed E-state index contributed by atoms with van der Waals surface area (Å²) >= 11 is 0. The maximum atomic E-state index is 13.5. The number of halogens is 1. The molecule has 10 heteroatoms. The summed E-state index contributed by atoms with van der Waals surface area (Å²) in [6.07, 6.45) is 5.39. The molecule has 194 valence electrons. The fourth-order valence-electron chi connectivity index (χ4n) is 4.45. The standard InChI is InChI=1S/C29H25FN8O/c1-29(2,3)13-23(39)33-19-12-17(14-31-15-19)21-8-9-22-25(34-21)26(38-37-22)28-35-24-20(10-11-32-27(24)36-28)16-4-6-18(30)7-5-16/h4-12,14-15H,13H2,1-3H3,(H,33,39)(H,37,38)(H,32,35,36). The van der Waals surface area contributed by atoms with Crippen molar-refractivity contribution in [3.63, 3.8) is 0 Å². The molecule has 1 amide bonds. The molecule has 1 aromatic carbocycles. The highest BCUT2D eigenvalue weighted by Crippen LogP contribution is 2.31. The van der Waals surface area contributed by atoms with Gasteiger partial charge in [-0.3, -0.25) is 14.9 Å². The Bertz CT molecular complexity index is 1830. The lowest BCUT2D eigenvalue weighted by atomic mass is 9.92. The number of hydrogen-bond acceptors (Lipinski definition) is 6. The number of aromatic nitrogens is 7. The minimum absolute atomic E-state index is 0.0690. The van der Waals surface area contributed by atoms with Gasteiger partial charge in [-0.1, -0.05) is 32.9 Å². The second-order valence-electron chi connectivity index (χ2n) is 10.6. The molecule has 0 fully saturated rings. The van der Waals surface area contributed by atoms with E-state index in [0.29, 0.717) is 46.0 Å². The minimum atomic E-state index is -0.299. The molecular weight excluding hydrogens is 495 g/mol. The topological polar surface area (TPSA) is 125 Å². The molecule has 0 atom stereocenters. The van der Waals surface area contributed by atoms with E-state index in [2.05, 4.69) is 35.5 Å². The molecule has 0 bridgehead atoms. The van der Waals surface area contributed by atoms with Crippen molar-refractivity contribution in [1.29, 1.82) is 0 Å². The first-order valence-electron chi connectivity index (χ1n) is 12.4. The van der Waals surface area contributed by atoms with Crippen LogP contribution >= 0.6 is 0 Å². The molecule has 6 aromatic rings. The Morgan fingerprint density at radius 2 is 1.82 bits per heavy atom. The summed E-state index contributed by atoms with van der Waals surface area (Å²) < 4.78 is 13.5. The molecule has 0 aliphatic heterocycles. The van der Waals surface area contributed by atoms with E-state index >= 15 is 0 Å². The van der Waals surface area contributed by atoms with Gasteiger partial charge in [0.2, 0.25) is 5.91 Å². The zero-order valence-corrected chi connectivity index (χ0v) is 21.6. The number of aromatic amines is 2. The molecular formula is C29H25FN8O. The Morgan fingerprint density at radius 1 is 1.00 bits per heavy atom. The predicted molar refractivity (Wildman–Crippen MR) is 148 cm³/mol. The zero-order chi connectivity index (χ0) is 27.1. The van der Waals surface area contributed by atoms with Crippen molar-refractivity contribution in [1.82, 2.24) is 35.1 Å². The third-order valence-electron chi connectivity index (χ3n) is 6.19. The molecule has 3 N–H and O–H groups in total. The minimum Gasteiger partial charge on any atom is -0.335 e. The van der Waals surface area contributed by atoms with E-state index in [9.17, 15) is 9.18 Å². The summed E-state index contributed by atoms with van der Waals surface area (Å²) in [6, 6.07) is 13.8. The van der Waals surface area contributed by atoms with Crippen LogP contribution in [-0.4, -0.2) is 41.0 Å². The Hall–Kier alpha value is -4.99. The summed E-state index contributed by atoms with van der Waals surface area (Å²) in [4.78, 5) is 34.0. The fourth-order valence-corrected chi connectivity index (χ4v) is 4.45. The van der Waals surface area contributed by atoms with Crippen molar-refractivity contribution in [2.75, 3.05) is 5.32 Å². The van der Waals surface area contributed by atoms with Gasteiger partial charge in [-0.25, -0.2) is 19.3 Å². The molecule has 9 nitrogen and oxygen atoms in total. The van der Waals surface area contributed by atoms with Crippen LogP contribution in [0.5, 0.6) is 0 Å². The van der Waals surface area contributed by atoms with E-state index in [1.54, 1.807) is 30.7 Å². The predicted octanol–water partition coefficient (Wildman–Crippen LogP) is 6.14. The summed E-state index contributed by atoms with van der Waals surface area (Å²) in [6.45, 7) is 6.06. The molecule has 0 saturated carbocycles. The molecule has 0 spiro atoms. The SMILES string of the molecule is CC(C)(C)CC(=O)Nc1cncc(-c2ccc3[nH]nc(-c4nc5nccc(-c6ccc(F)cc6)c5[nH]4)c3n2)c1. The van der Waals surface area contributed by atoms with Crippen molar-refractivity contribution in [3.8, 4) is 33.9 Å². The molecule has 5 aromatic heterocycles. The Labute approximate surface area is 223 Å². The number of anilines is 1. The largest absolute Gasteiger partial charge is 0.335 e. The Kier molecular flexibility index (Phi) is 5.86. The lowest BCUT2D eigenvalue weighted by molar-refractivity contribution is -0.117. The lowest BCUT2D eigenvalue weighted by Gasteiger charge is -2.17. The van der Waals surface area contributed by atoms with Gasteiger partial charge in [0.05, 0.1) is 28.6 Å². The number of nitrogens with zero attached hydrogens (tertiary/aromatic N) is 5. The van der Waals surface area contributed by atoms with Crippen LogP contribution in [-0.2, 0) is 4.79 Å². The summed E-state index contributed by atoms with van der Waals surface area (Å²) in [5.74, 6) is 0.136. The van der Waals surface area contributed by atoms with E-state index in [-0.39, 0.29) is 17.1 Å². The number of carbonyl (C=O) groups excluding carboxylic acids is 1. The molecule has 6 rings (SSSR count). The van der Waals surface area contributed by atoms with Gasteiger partial charge in [0.1, 0.15) is 11.3 Å². The highest BCUT2D eigenvalue weighted by molar-refractivity contribution is 5.95. The Balaban J connectivity index is 1.36. The van der Waals surface area contributed by atoms with Crippen LogP contribution in [0.25, 0.3) is 56.1 Å². The number of pyridine rings is 3. The summed E-state index contributed by atoms with van der Waals surface area (Å²) in [5.41, 5.74) is 6.73. The van der Waals surface area contributed by atoms with Crippen molar-refractivity contribution in [2.24, 2.45) is 5.41 Å². The van der Waals surface area contributed by atoms with E-state index in [1.807, 2.05) is 45.0 Å². The van der Waals surface area contributed by atoms with Gasteiger partial charge in [0.15, 0.2) is 17.2 Å². The van der Waals surface area contributed by atoms with Crippen LogP contribution in [0.4, 0.5) is 10.1 Å². The molecule has 0 aliphatic rings. The average Bonchev–Trinajstić information content (AvgIpc) is 3.52. The lowest BCUT2D eigenvalue weighted by Crippen LogP contribution is -2.19. The first kappa shape index (κ1) is 24.4. The maximum Gasteiger partial charge on any atom is 0.224 e. The number of rotatable bonds is 5. The third-order valence-corrected chi connectivity index (χ3v) is 6.19. The molecule has 39 heavy (non-hydrogen) atoms. The van der Waals surface area contributed by atoms with Gasteiger partial charge in [-0.15, -0.1) is 0 Å². The van der Waals surface area contributed by atoms with Crippen LogP contribution in [0, 0.1) is 11.2 Å². The highest BCUT2D eigenvalue weighted by atomic mass is 19.1. The number of nitrogens with one attached hydrogen (secondary N) is 3. The second-order valence-corrected chi connectivity index (χ2v) is 10.6. The van der Waals surface area contributed by atoms with Crippen molar-refractivity contribution in [2.45, 2.75) is 27.2 Å². The normalized spacial score (nSPS) is 11.8. The van der Waals surface area contributed by atoms with E-state index in [1.165, 1.54) is 12.1 Å². The van der Waals surface area contributed by atoms with Crippen LogP contribution in [0.1, 0.15) is 27.2 Å². The number of hydrogen-bond donors (Lipinski definition) is 3. The second kappa shape index (κ2) is 9.39. The highest BCUT2D eigenvalue weighted by Gasteiger charge is 2.19. The summed E-state index contributed by atoms with van der Waals surface area (Å²) in [5, 5.41) is 10.4. The van der Waals surface area contributed by atoms with Gasteiger partial charge in [0, 0.05) is 29.9 Å². The monoisotopic (exact) mass is 520 g/mol. The smallest absolute Gasteiger partial charge is 0.224 e. The molecule has 0 aliphatic carbocycles. The first-order valence-corrected chi connectivity index (χ1v) is 12.4. The fraction of sp³-hybridized carbons (Fsp3) is 0.172. The van der Waals surface area contributed by atoms with Crippen LogP contribution < -0.4 is 5.32 Å². The number of amides is 1. The van der Waals surface area contributed by atoms with E-state index < -0.39 is 0 Å². The van der Waals surface area contributed by atoms with Gasteiger partial charge in [-0.2, -0.15) is 5.10 Å². The van der Waals surface area contributed by atoms with Crippen LogP contribution in [0.2, 0.25) is 0 Å². The first-order chi connectivity index (χ1) is 18.7. The van der Waals surface area contributed by atoms with E-state index in [0.717, 1.165) is 22.2 Å². The third kappa shape index (κ3) is 4.96.